The van der Waals surface area contributed by atoms with Gasteiger partial charge in [-0.1, -0.05) is 12.1 Å². The summed E-state index contributed by atoms with van der Waals surface area (Å²) < 4.78 is 12.3. The quantitative estimate of drug-likeness (QED) is 0.493. The van der Waals surface area contributed by atoms with E-state index < -0.39 is 0 Å². The Hall–Kier alpha value is -3.81. The van der Waals surface area contributed by atoms with Crippen molar-refractivity contribution in [2.75, 3.05) is 38.2 Å². The number of carbonyl (C=O) groups is 1. The van der Waals surface area contributed by atoms with E-state index in [4.69, 9.17) is 9.15 Å². The SMILES string of the molecule is COc1ccc(N2CCCN(C(=O)Cn3cnc4c(oc5ccccc54)c3=O)CC2)cc1. The van der Waals surface area contributed by atoms with Crippen molar-refractivity contribution in [2.24, 2.45) is 0 Å². The van der Waals surface area contributed by atoms with Crippen molar-refractivity contribution in [1.29, 1.82) is 0 Å². The van der Waals surface area contributed by atoms with Crippen LogP contribution < -0.4 is 15.2 Å². The van der Waals surface area contributed by atoms with Gasteiger partial charge < -0.3 is 19.0 Å². The van der Waals surface area contributed by atoms with Crippen LogP contribution in [-0.4, -0.2) is 53.6 Å². The lowest BCUT2D eigenvalue weighted by atomic mass is 10.2. The molecule has 2 aromatic heterocycles. The summed E-state index contributed by atoms with van der Waals surface area (Å²) in [6.45, 7) is 2.79. The molecule has 0 N–H and O–H groups in total. The lowest BCUT2D eigenvalue weighted by molar-refractivity contribution is -0.131. The topological polar surface area (TPSA) is 80.8 Å². The number of anilines is 1. The summed E-state index contributed by atoms with van der Waals surface area (Å²) in [5.74, 6) is 0.724. The second-order valence-corrected chi connectivity index (χ2v) is 7.87. The molecule has 0 radical (unpaired) electrons. The Balaban J connectivity index is 1.30. The summed E-state index contributed by atoms with van der Waals surface area (Å²) in [6, 6.07) is 15.3. The third-order valence-corrected chi connectivity index (χ3v) is 5.94. The Bertz CT molecular complexity index is 1330. The lowest BCUT2D eigenvalue weighted by Gasteiger charge is -2.24. The number of ether oxygens (including phenoxy) is 1. The first-order chi connectivity index (χ1) is 15.6. The molecule has 4 aromatic rings. The second-order valence-electron chi connectivity index (χ2n) is 7.87. The van der Waals surface area contributed by atoms with Gasteiger partial charge in [-0.25, -0.2) is 4.98 Å². The average Bonchev–Trinajstić information content (AvgIpc) is 3.03. The molecule has 1 aliphatic heterocycles. The fraction of sp³-hybridized carbons (Fsp3) is 0.292. The molecule has 0 spiro atoms. The van der Waals surface area contributed by atoms with Crippen molar-refractivity contribution in [3.8, 4) is 5.75 Å². The number of amides is 1. The van der Waals surface area contributed by atoms with Crippen molar-refractivity contribution in [3.05, 3.63) is 65.2 Å². The Morgan fingerprint density at radius 1 is 1.06 bits per heavy atom. The Morgan fingerprint density at radius 3 is 2.69 bits per heavy atom. The molecule has 32 heavy (non-hydrogen) atoms. The van der Waals surface area contributed by atoms with Gasteiger partial charge in [0.05, 0.1) is 13.4 Å². The molecule has 5 rings (SSSR count). The predicted molar refractivity (Wildman–Crippen MR) is 122 cm³/mol. The molecule has 1 amide bonds. The van der Waals surface area contributed by atoms with Crippen LogP contribution in [0.3, 0.4) is 0 Å². The average molecular weight is 432 g/mol. The number of aromatic nitrogens is 2. The van der Waals surface area contributed by atoms with Crippen LogP contribution in [0.15, 0.2) is 64.1 Å². The Labute approximate surface area is 184 Å². The molecular formula is C24H24N4O4. The molecule has 0 atom stereocenters. The number of para-hydroxylation sites is 1. The van der Waals surface area contributed by atoms with Crippen LogP contribution in [0, 0.1) is 0 Å². The van der Waals surface area contributed by atoms with E-state index in [0.29, 0.717) is 24.2 Å². The van der Waals surface area contributed by atoms with Gasteiger partial charge in [-0.05, 0) is 42.8 Å². The van der Waals surface area contributed by atoms with Gasteiger partial charge in [0.2, 0.25) is 11.5 Å². The van der Waals surface area contributed by atoms with Gasteiger partial charge in [0.25, 0.3) is 5.56 Å². The Kier molecular flexibility index (Phi) is 5.26. The molecule has 0 saturated carbocycles. The van der Waals surface area contributed by atoms with Crippen molar-refractivity contribution >= 4 is 33.7 Å². The molecule has 164 valence electrons. The van der Waals surface area contributed by atoms with Gasteiger partial charge in [0.15, 0.2) is 0 Å². The minimum Gasteiger partial charge on any atom is -0.497 e. The number of hydrogen-bond acceptors (Lipinski definition) is 6. The molecule has 0 unspecified atom stereocenters. The number of benzene rings is 2. The van der Waals surface area contributed by atoms with E-state index >= 15 is 0 Å². The van der Waals surface area contributed by atoms with Crippen LogP contribution in [-0.2, 0) is 11.3 Å². The van der Waals surface area contributed by atoms with Crippen molar-refractivity contribution in [1.82, 2.24) is 14.5 Å². The maximum absolute atomic E-state index is 13.0. The number of fused-ring (bicyclic) bond motifs is 3. The summed E-state index contributed by atoms with van der Waals surface area (Å²) in [4.78, 5) is 34.4. The molecule has 1 aliphatic rings. The van der Waals surface area contributed by atoms with Gasteiger partial charge in [0.1, 0.15) is 23.4 Å². The maximum atomic E-state index is 13.0. The van der Waals surface area contributed by atoms with Gasteiger partial charge >= 0.3 is 0 Å². The van der Waals surface area contributed by atoms with E-state index in [0.717, 1.165) is 36.3 Å². The molecule has 1 fully saturated rings. The van der Waals surface area contributed by atoms with E-state index in [2.05, 4.69) is 9.88 Å². The second kappa shape index (κ2) is 8.37. The number of rotatable bonds is 4. The molecule has 8 heteroatoms. The summed E-state index contributed by atoms with van der Waals surface area (Å²) in [7, 11) is 1.65. The number of methoxy groups -OCH3 is 1. The molecular weight excluding hydrogens is 408 g/mol. The van der Waals surface area contributed by atoms with E-state index in [-0.39, 0.29) is 23.6 Å². The number of furan rings is 1. The highest BCUT2D eigenvalue weighted by Gasteiger charge is 2.21. The summed E-state index contributed by atoms with van der Waals surface area (Å²) in [5, 5.41) is 0.796. The van der Waals surface area contributed by atoms with Crippen molar-refractivity contribution < 1.29 is 13.9 Å². The van der Waals surface area contributed by atoms with Crippen LogP contribution in [0.4, 0.5) is 5.69 Å². The van der Waals surface area contributed by atoms with E-state index in [1.165, 1.54) is 10.9 Å². The zero-order valence-electron chi connectivity index (χ0n) is 17.9. The van der Waals surface area contributed by atoms with Crippen LogP contribution in [0.5, 0.6) is 5.75 Å². The molecule has 1 saturated heterocycles. The van der Waals surface area contributed by atoms with Crippen molar-refractivity contribution in [3.63, 3.8) is 0 Å². The predicted octanol–water partition coefficient (Wildman–Crippen LogP) is 2.89. The number of carbonyl (C=O) groups excluding carboxylic acids is 1. The Morgan fingerprint density at radius 2 is 1.88 bits per heavy atom. The molecule has 0 aliphatic carbocycles. The summed E-state index contributed by atoms with van der Waals surface area (Å²) in [6.07, 6.45) is 2.29. The first-order valence-corrected chi connectivity index (χ1v) is 10.7. The van der Waals surface area contributed by atoms with E-state index in [1.807, 2.05) is 47.4 Å². The number of hydrogen-bond donors (Lipinski definition) is 0. The monoisotopic (exact) mass is 432 g/mol. The lowest BCUT2D eigenvalue weighted by Crippen LogP contribution is -2.39. The largest absolute Gasteiger partial charge is 0.497 e. The normalized spacial score (nSPS) is 14.7. The minimum atomic E-state index is -0.339. The van der Waals surface area contributed by atoms with Crippen LogP contribution in [0.1, 0.15) is 6.42 Å². The molecule has 2 aromatic carbocycles. The van der Waals surface area contributed by atoms with E-state index in [1.54, 1.807) is 13.2 Å². The maximum Gasteiger partial charge on any atom is 0.297 e. The van der Waals surface area contributed by atoms with Gasteiger partial charge in [-0.15, -0.1) is 0 Å². The first-order valence-electron chi connectivity index (χ1n) is 10.7. The standard InChI is InChI=1S/C24H24N4O4/c1-31-18-9-7-17(8-10-18)26-11-4-12-27(14-13-26)21(29)15-28-16-25-22-19-5-2-3-6-20(19)32-23(22)24(28)30/h2-3,5-10,16H,4,11-15H2,1H3. The zero-order chi connectivity index (χ0) is 22.1. The fourth-order valence-corrected chi connectivity index (χ4v) is 4.19. The van der Waals surface area contributed by atoms with Crippen LogP contribution in [0.2, 0.25) is 0 Å². The highest BCUT2D eigenvalue weighted by molar-refractivity contribution is 6.01. The minimum absolute atomic E-state index is 0.0542. The molecule has 8 nitrogen and oxygen atoms in total. The fourth-order valence-electron chi connectivity index (χ4n) is 4.19. The van der Waals surface area contributed by atoms with Gasteiger partial charge in [-0.3, -0.25) is 14.2 Å². The van der Waals surface area contributed by atoms with Gasteiger partial charge in [-0.2, -0.15) is 0 Å². The van der Waals surface area contributed by atoms with Crippen molar-refractivity contribution in [2.45, 2.75) is 13.0 Å². The smallest absolute Gasteiger partial charge is 0.297 e. The summed E-state index contributed by atoms with van der Waals surface area (Å²) in [5.41, 5.74) is 2.09. The highest BCUT2D eigenvalue weighted by Crippen LogP contribution is 2.24. The highest BCUT2D eigenvalue weighted by atomic mass is 16.5. The van der Waals surface area contributed by atoms with Crippen LogP contribution >= 0.6 is 0 Å². The third-order valence-electron chi connectivity index (χ3n) is 5.94. The molecule has 3 heterocycles. The summed E-state index contributed by atoms with van der Waals surface area (Å²) >= 11 is 0. The first kappa shape index (κ1) is 20.1. The third kappa shape index (κ3) is 3.68. The van der Waals surface area contributed by atoms with Gasteiger partial charge in [0, 0.05) is 37.3 Å². The van der Waals surface area contributed by atoms with E-state index in [9.17, 15) is 9.59 Å². The number of nitrogens with zero attached hydrogens (tertiary/aromatic N) is 4. The zero-order valence-corrected chi connectivity index (χ0v) is 17.9. The van der Waals surface area contributed by atoms with Crippen LogP contribution in [0.25, 0.3) is 22.1 Å². The molecule has 0 bridgehead atoms.